The molecule has 1 aliphatic rings. The van der Waals surface area contributed by atoms with E-state index in [0.717, 1.165) is 5.69 Å². The van der Waals surface area contributed by atoms with E-state index < -0.39 is 5.41 Å². The molecule has 2 aromatic carbocycles. The van der Waals surface area contributed by atoms with Crippen LogP contribution >= 0.6 is 23.5 Å². The van der Waals surface area contributed by atoms with Crippen molar-refractivity contribution in [2.45, 2.75) is 31.8 Å². The molecular formula is C22H26N2O2S2. The van der Waals surface area contributed by atoms with E-state index >= 15 is 0 Å². The van der Waals surface area contributed by atoms with Gasteiger partial charge < -0.3 is 10.6 Å². The second-order valence-electron chi connectivity index (χ2n) is 7.79. The van der Waals surface area contributed by atoms with Gasteiger partial charge in [-0.15, -0.1) is 23.5 Å². The molecule has 1 saturated heterocycles. The summed E-state index contributed by atoms with van der Waals surface area (Å²) in [5.41, 5.74) is 2.67. The average molecular weight is 415 g/mol. The van der Waals surface area contributed by atoms with Crippen molar-refractivity contribution >= 4 is 46.7 Å². The molecule has 1 aliphatic heterocycles. The molecule has 0 unspecified atom stereocenters. The van der Waals surface area contributed by atoms with Gasteiger partial charge in [0.15, 0.2) is 0 Å². The lowest BCUT2D eigenvalue weighted by molar-refractivity contribution is -0.123. The van der Waals surface area contributed by atoms with Crippen LogP contribution in [0.4, 0.5) is 11.4 Å². The van der Waals surface area contributed by atoms with Crippen molar-refractivity contribution in [3.8, 4) is 0 Å². The predicted molar refractivity (Wildman–Crippen MR) is 121 cm³/mol. The summed E-state index contributed by atoms with van der Waals surface area (Å²) in [5, 5.41) is 5.85. The number of amides is 2. The Morgan fingerprint density at radius 3 is 2.25 bits per heavy atom. The summed E-state index contributed by atoms with van der Waals surface area (Å²) < 4.78 is 0.432. The molecule has 4 nitrogen and oxygen atoms in total. The average Bonchev–Trinajstić information content (AvgIpc) is 2.68. The topological polar surface area (TPSA) is 58.2 Å². The van der Waals surface area contributed by atoms with Gasteiger partial charge in [-0.3, -0.25) is 9.59 Å². The summed E-state index contributed by atoms with van der Waals surface area (Å²) >= 11 is 3.92. The number of anilines is 2. The van der Waals surface area contributed by atoms with E-state index in [1.165, 1.54) is 23.5 Å². The number of thioether (sulfide) groups is 2. The van der Waals surface area contributed by atoms with Crippen LogP contribution in [-0.4, -0.2) is 23.3 Å². The highest BCUT2D eigenvalue weighted by atomic mass is 32.2. The van der Waals surface area contributed by atoms with Crippen LogP contribution in [0.25, 0.3) is 0 Å². The standard InChI is InChI=1S/C22H26N2O2S2/c1-22(2,3)21(26)24-18-10-4-7-15(13-18)19(25)23-17-9-5-8-16(14-17)20-27-11-6-12-28-20/h4-5,7-10,13-14,20H,6,11-12H2,1-3H3,(H,23,25)(H,24,26). The van der Waals surface area contributed by atoms with E-state index in [-0.39, 0.29) is 11.8 Å². The van der Waals surface area contributed by atoms with Crippen LogP contribution in [0.3, 0.4) is 0 Å². The van der Waals surface area contributed by atoms with Gasteiger partial charge in [0.05, 0.1) is 4.58 Å². The highest BCUT2D eigenvalue weighted by molar-refractivity contribution is 8.16. The number of benzene rings is 2. The second kappa shape index (κ2) is 9.05. The Kier molecular flexibility index (Phi) is 6.73. The highest BCUT2D eigenvalue weighted by Crippen LogP contribution is 2.44. The summed E-state index contributed by atoms with van der Waals surface area (Å²) in [6.07, 6.45) is 1.25. The molecule has 3 rings (SSSR count). The Balaban J connectivity index is 1.69. The van der Waals surface area contributed by atoms with Crippen LogP contribution in [0.2, 0.25) is 0 Å². The lowest BCUT2D eigenvalue weighted by Gasteiger charge is -2.21. The van der Waals surface area contributed by atoms with Gasteiger partial charge in [0.2, 0.25) is 5.91 Å². The minimum absolute atomic E-state index is 0.0831. The van der Waals surface area contributed by atoms with Gasteiger partial charge in [-0.05, 0) is 53.8 Å². The monoisotopic (exact) mass is 414 g/mol. The van der Waals surface area contributed by atoms with Crippen molar-refractivity contribution in [3.63, 3.8) is 0 Å². The SMILES string of the molecule is CC(C)(C)C(=O)Nc1cccc(C(=O)Nc2cccc(C3SCCCS3)c2)c1. The molecular weight excluding hydrogens is 388 g/mol. The Labute approximate surface area is 175 Å². The van der Waals surface area contributed by atoms with E-state index in [9.17, 15) is 9.59 Å². The fourth-order valence-corrected chi connectivity index (χ4v) is 5.58. The smallest absolute Gasteiger partial charge is 0.255 e. The first-order chi connectivity index (χ1) is 13.3. The molecule has 0 atom stereocenters. The summed E-state index contributed by atoms with van der Waals surface area (Å²) in [6, 6.07) is 15.1. The Morgan fingerprint density at radius 1 is 0.929 bits per heavy atom. The number of carbonyl (C=O) groups excluding carboxylic acids is 2. The normalized spacial score (nSPS) is 15.1. The van der Waals surface area contributed by atoms with E-state index in [1.807, 2.05) is 56.4 Å². The minimum atomic E-state index is -0.492. The zero-order valence-electron chi connectivity index (χ0n) is 16.5. The molecule has 2 aromatic rings. The zero-order chi connectivity index (χ0) is 20.1. The van der Waals surface area contributed by atoms with E-state index in [0.29, 0.717) is 15.8 Å². The summed E-state index contributed by atoms with van der Waals surface area (Å²) in [5.74, 6) is 2.09. The van der Waals surface area contributed by atoms with Gasteiger partial charge in [-0.25, -0.2) is 0 Å². The third-order valence-corrected chi connectivity index (χ3v) is 7.32. The molecule has 0 radical (unpaired) electrons. The molecule has 0 saturated carbocycles. The van der Waals surface area contributed by atoms with Gasteiger partial charge in [0.25, 0.3) is 5.91 Å². The molecule has 0 aromatic heterocycles. The van der Waals surface area contributed by atoms with Crippen molar-refractivity contribution in [3.05, 3.63) is 59.7 Å². The molecule has 0 bridgehead atoms. The van der Waals surface area contributed by atoms with Gasteiger partial charge in [0, 0.05) is 22.4 Å². The Morgan fingerprint density at radius 2 is 1.57 bits per heavy atom. The van der Waals surface area contributed by atoms with E-state index in [2.05, 4.69) is 22.8 Å². The first-order valence-corrected chi connectivity index (χ1v) is 11.5. The number of hydrogen-bond acceptors (Lipinski definition) is 4. The lowest BCUT2D eigenvalue weighted by Crippen LogP contribution is -2.27. The van der Waals surface area contributed by atoms with Crippen LogP contribution in [0.5, 0.6) is 0 Å². The highest BCUT2D eigenvalue weighted by Gasteiger charge is 2.21. The molecule has 0 spiro atoms. The molecule has 0 aliphatic carbocycles. The van der Waals surface area contributed by atoms with Gasteiger partial charge in [-0.1, -0.05) is 39.0 Å². The maximum absolute atomic E-state index is 12.7. The largest absolute Gasteiger partial charge is 0.326 e. The first kappa shape index (κ1) is 20.8. The molecule has 28 heavy (non-hydrogen) atoms. The second-order valence-corrected chi connectivity index (χ2v) is 10.5. The van der Waals surface area contributed by atoms with Crippen LogP contribution in [0, 0.1) is 5.41 Å². The molecule has 2 amide bonds. The van der Waals surface area contributed by atoms with Crippen LogP contribution in [-0.2, 0) is 4.79 Å². The van der Waals surface area contributed by atoms with Crippen LogP contribution in [0.15, 0.2) is 48.5 Å². The van der Waals surface area contributed by atoms with E-state index in [1.54, 1.807) is 24.3 Å². The van der Waals surface area contributed by atoms with Crippen molar-refractivity contribution in [1.29, 1.82) is 0 Å². The first-order valence-electron chi connectivity index (χ1n) is 9.39. The number of hydrogen-bond donors (Lipinski definition) is 2. The summed E-state index contributed by atoms with van der Waals surface area (Å²) in [7, 11) is 0. The fourth-order valence-electron chi connectivity index (χ4n) is 2.70. The van der Waals surface area contributed by atoms with Crippen molar-refractivity contribution in [2.24, 2.45) is 5.41 Å². The third-order valence-electron chi connectivity index (χ3n) is 4.31. The Hall–Kier alpha value is -1.92. The van der Waals surface area contributed by atoms with Crippen molar-refractivity contribution < 1.29 is 9.59 Å². The predicted octanol–water partition coefficient (Wildman–Crippen LogP) is 5.79. The van der Waals surface area contributed by atoms with Gasteiger partial charge in [-0.2, -0.15) is 0 Å². The molecule has 1 heterocycles. The van der Waals surface area contributed by atoms with Crippen molar-refractivity contribution in [2.75, 3.05) is 22.1 Å². The summed E-state index contributed by atoms with van der Waals surface area (Å²) in [6.45, 7) is 5.57. The zero-order valence-corrected chi connectivity index (χ0v) is 18.1. The van der Waals surface area contributed by atoms with Gasteiger partial charge >= 0.3 is 0 Å². The quantitative estimate of drug-likeness (QED) is 0.664. The molecule has 148 valence electrons. The summed E-state index contributed by atoms with van der Waals surface area (Å²) in [4.78, 5) is 24.9. The Bertz CT molecular complexity index is 856. The third kappa shape index (κ3) is 5.55. The fraction of sp³-hybridized carbons (Fsp3) is 0.364. The van der Waals surface area contributed by atoms with Crippen LogP contribution in [0.1, 0.15) is 47.7 Å². The minimum Gasteiger partial charge on any atom is -0.326 e. The maximum atomic E-state index is 12.7. The number of nitrogens with one attached hydrogen (secondary N) is 2. The number of rotatable bonds is 4. The molecule has 2 N–H and O–H groups in total. The number of carbonyl (C=O) groups is 2. The van der Waals surface area contributed by atoms with Crippen molar-refractivity contribution in [1.82, 2.24) is 0 Å². The molecule has 6 heteroatoms. The van der Waals surface area contributed by atoms with Gasteiger partial charge in [0.1, 0.15) is 0 Å². The lowest BCUT2D eigenvalue weighted by atomic mass is 9.95. The van der Waals surface area contributed by atoms with E-state index in [4.69, 9.17) is 0 Å². The maximum Gasteiger partial charge on any atom is 0.255 e. The van der Waals surface area contributed by atoms with Crippen LogP contribution < -0.4 is 10.6 Å². The molecule has 1 fully saturated rings.